The van der Waals surface area contributed by atoms with Crippen molar-refractivity contribution in [3.63, 3.8) is 0 Å². The molecule has 0 atom stereocenters. The Balaban J connectivity index is 2.18. The van der Waals surface area contributed by atoms with Crippen LogP contribution in [0.1, 0.15) is 25.3 Å². The molecule has 0 fully saturated rings. The molecule has 0 spiro atoms. The number of hydrogen-bond acceptors (Lipinski definition) is 6. The third kappa shape index (κ3) is 4.26. The number of rotatable bonds is 6. The number of anilines is 1. The molecule has 4 nitrogen and oxygen atoms in total. The van der Waals surface area contributed by atoms with Crippen LogP contribution in [0.4, 0.5) is 5.13 Å². The molecule has 0 aliphatic carbocycles. The van der Waals surface area contributed by atoms with E-state index >= 15 is 0 Å². The Morgan fingerprint density at radius 3 is 2.86 bits per heavy atom. The van der Waals surface area contributed by atoms with Crippen LogP contribution in [-0.4, -0.2) is 16.0 Å². The molecule has 3 N–H and O–H groups in total. The predicted molar refractivity (Wildman–Crippen MR) is 63.3 cm³/mol. The van der Waals surface area contributed by atoms with Crippen LogP contribution in [0, 0.1) is 5.92 Å². The fourth-order valence-corrected chi connectivity index (χ4v) is 2.79. The van der Waals surface area contributed by atoms with E-state index in [1.54, 1.807) is 0 Å². The van der Waals surface area contributed by atoms with Gasteiger partial charge in [0.1, 0.15) is 5.01 Å². The Labute approximate surface area is 92.7 Å². The van der Waals surface area contributed by atoms with E-state index in [0.29, 0.717) is 5.13 Å². The van der Waals surface area contributed by atoms with E-state index in [1.807, 2.05) is 11.8 Å². The van der Waals surface area contributed by atoms with Gasteiger partial charge in [-0.3, -0.25) is 5.43 Å². The van der Waals surface area contributed by atoms with Crippen molar-refractivity contribution in [1.29, 1.82) is 0 Å². The van der Waals surface area contributed by atoms with E-state index in [1.165, 1.54) is 23.5 Å². The van der Waals surface area contributed by atoms with Crippen LogP contribution in [0.3, 0.4) is 0 Å². The van der Waals surface area contributed by atoms with Crippen molar-refractivity contribution in [3.8, 4) is 0 Å². The first kappa shape index (κ1) is 11.7. The van der Waals surface area contributed by atoms with Crippen LogP contribution in [-0.2, 0) is 5.75 Å². The van der Waals surface area contributed by atoms with Gasteiger partial charge in [0.25, 0.3) is 0 Å². The first-order valence-corrected chi connectivity index (χ1v) is 6.56. The first-order valence-electron chi connectivity index (χ1n) is 4.59. The monoisotopic (exact) mass is 232 g/mol. The van der Waals surface area contributed by atoms with E-state index < -0.39 is 0 Å². The van der Waals surface area contributed by atoms with E-state index in [4.69, 9.17) is 5.84 Å². The van der Waals surface area contributed by atoms with Crippen molar-refractivity contribution in [1.82, 2.24) is 10.2 Å². The maximum atomic E-state index is 5.21. The zero-order valence-corrected chi connectivity index (χ0v) is 10.1. The highest BCUT2D eigenvalue weighted by Gasteiger charge is 2.02. The minimum Gasteiger partial charge on any atom is -0.298 e. The van der Waals surface area contributed by atoms with E-state index in [-0.39, 0.29) is 0 Å². The normalized spacial score (nSPS) is 10.9. The third-order valence-corrected chi connectivity index (χ3v) is 3.69. The van der Waals surface area contributed by atoms with Crippen LogP contribution in [0.5, 0.6) is 0 Å². The topological polar surface area (TPSA) is 63.8 Å². The second-order valence-corrected chi connectivity index (χ2v) is 5.55. The summed E-state index contributed by atoms with van der Waals surface area (Å²) in [4.78, 5) is 0. The van der Waals surface area contributed by atoms with Gasteiger partial charge in [0.15, 0.2) is 0 Å². The van der Waals surface area contributed by atoms with Crippen molar-refractivity contribution >= 4 is 28.2 Å². The predicted octanol–water partition coefficient (Wildman–Crippen LogP) is 2.10. The van der Waals surface area contributed by atoms with Crippen LogP contribution >= 0.6 is 23.1 Å². The zero-order valence-electron chi connectivity index (χ0n) is 8.49. The third-order valence-electron chi connectivity index (χ3n) is 1.66. The van der Waals surface area contributed by atoms with Gasteiger partial charge < -0.3 is 0 Å². The second kappa shape index (κ2) is 6.21. The Morgan fingerprint density at radius 1 is 1.50 bits per heavy atom. The van der Waals surface area contributed by atoms with Crippen molar-refractivity contribution in [2.45, 2.75) is 26.0 Å². The molecule has 1 aromatic heterocycles. The standard InChI is InChI=1S/C8H16N4S2/c1-6(2)3-4-13-5-7-11-12-8(10-9)14-7/h6H,3-5,9H2,1-2H3,(H,10,12). The average molecular weight is 232 g/mol. The van der Waals surface area contributed by atoms with Gasteiger partial charge in [-0.25, -0.2) is 5.84 Å². The number of thioether (sulfide) groups is 1. The zero-order chi connectivity index (χ0) is 10.4. The highest BCUT2D eigenvalue weighted by molar-refractivity contribution is 7.98. The Morgan fingerprint density at radius 2 is 2.29 bits per heavy atom. The summed E-state index contributed by atoms with van der Waals surface area (Å²) in [6.45, 7) is 4.48. The molecule has 0 aromatic carbocycles. The van der Waals surface area contributed by atoms with Gasteiger partial charge in [-0.1, -0.05) is 25.2 Å². The van der Waals surface area contributed by atoms with Crippen molar-refractivity contribution in [2.75, 3.05) is 11.2 Å². The molecule has 80 valence electrons. The fraction of sp³-hybridized carbons (Fsp3) is 0.750. The molecule has 1 heterocycles. The lowest BCUT2D eigenvalue weighted by atomic mass is 10.2. The number of hydrogen-bond donors (Lipinski definition) is 2. The molecule has 6 heteroatoms. The Bertz CT molecular complexity index is 262. The van der Waals surface area contributed by atoms with Gasteiger partial charge in [-0.2, -0.15) is 11.8 Å². The lowest BCUT2D eigenvalue weighted by Gasteiger charge is -2.01. The summed E-state index contributed by atoms with van der Waals surface area (Å²) in [5.41, 5.74) is 2.49. The van der Waals surface area contributed by atoms with Gasteiger partial charge in [0.2, 0.25) is 5.13 Å². The number of aromatic nitrogens is 2. The molecule has 0 unspecified atom stereocenters. The quantitative estimate of drug-likeness (QED) is 0.447. The smallest absolute Gasteiger partial charge is 0.219 e. The molecule has 0 aliphatic rings. The van der Waals surface area contributed by atoms with Crippen molar-refractivity contribution < 1.29 is 0 Å². The van der Waals surface area contributed by atoms with Crippen LogP contribution in [0.15, 0.2) is 0 Å². The van der Waals surface area contributed by atoms with Crippen LogP contribution < -0.4 is 11.3 Å². The minimum absolute atomic E-state index is 0.685. The fourth-order valence-electron chi connectivity index (χ4n) is 0.849. The van der Waals surface area contributed by atoms with E-state index in [2.05, 4.69) is 29.5 Å². The molecular formula is C8H16N4S2. The Hall–Kier alpha value is -0.330. The summed E-state index contributed by atoms with van der Waals surface area (Å²) in [5.74, 6) is 8.10. The lowest BCUT2D eigenvalue weighted by molar-refractivity contribution is 0.632. The van der Waals surface area contributed by atoms with Gasteiger partial charge >= 0.3 is 0 Å². The van der Waals surface area contributed by atoms with Gasteiger partial charge in [0, 0.05) is 5.75 Å². The second-order valence-electron chi connectivity index (χ2n) is 3.38. The largest absolute Gasteiger partial charge is 0.298 e. The number of hydrazine groups is 1. The van der Waals surface area contributed by atoms with Crippen LogP contribution in [0.2, 0.25) is 0 Å². The summed E-state index contributed by atoms with van der Waals surface area (Å²) in [6, 6.07) is 0. The molecule has 1 aromatic rings. The Kier molecular flexibility index (Phi) is 5.21. The van der Waals surface area contributed by atoms with Gasteiger partial charge in [-0.05, 0) is 18.1 Å². The SMILES string of the molecule is CC(C)CCSCc1nnc(NN)s1. The molecule has 0 bridgehead atoms. The molecule has 14 heavy (non-hydrogen) atoms. The number of nitrogens with zero attached hydrogens (tertiary/aromatic N) is 2. The molecule has 0 saturated carbocycles. The first-order chi connectivity index (χ1) is 6.72. The summed E-state index contributed by atoms with van der Waals surface area (Å²) < 4.78 is 0. The van der Waals surface area contributed by atoms with Crippen LogP contribution in [0.25, 0.3) is 0 Å². The highest BCUT2D eigenvalue weighted by Crippen LogP contribution is 2.20. The maximum absolute atomic E-state index is 5.21. The number of nitrogen functional groups attached to an aromatic ring is 1. The number of nitrogens with two attached hydrogens (primary N) is 1. The van der Waals surface area contributed by atoms with Gasteiger partial charge in [-0.15, -0.1) is 10.2 Å². The lowest BCUT2D eigenvalue weighted by Crippen LogP contribution is -2.05. The highest BCUT2D eigenvalue weighted by atomic mass is 32.2. The van der Waals surface area contributed by atoms with Crippen molar-refractivity contribution in [3.05, 3.63) is 5.01 Å². The minimum atomic E-state index is 0.685. The van der Waals surface area contributed by atoms with E-state index in [0.717, 1.165) is 16.7 Å². The average Bonchev–Trinajstić information content (AvgIpc) is 2.60. The molecular weight excluding hydrogens is 216 g/mol. The summed E-state index contributed by atoms with van der Waals surface area (Å²) in [7, 11) is 0. The summed E-state index contributed by atoms with van der Waals surface area (Å²) >= 11 is 3.41. The number of nitrogens with one attached hydrogen (secondary N) is 1. The molecule has 0 aliphatic heterocycles. The van der Waals surface area contributed by atoms with Gasteiger partial charge in [0.05, 0.1) is 0 Å². The molecule has 0 amide bonds. The van der Waals surface area contributed by atoms with Crippen molar-refractivity contribution in [2.24, 2.45) is 11.8 Å². The summed E-state index contributed by atoms with van der Waals surface area (Å²) in [5, 5.41) is 9.60. The molecule has 0 saturated heterocycles. The molecule has 1 rings (SSSR count). The maximum Gasteiger partial charge on any atom is 0.219 e. The van der Waals surface area contributed by atoms with E-state index in [9.17, 15) is 0 Å². The summed E-state index contributed by atoms with van der Waals surface area (Å²) in [6.07, 6.45) is 1.26. The molecule has 0 radical (unpaired) electrons.